The van der Waals surface area contributed by atoms with E-state index >= 15 is 0 Å². The van der Waals surface area contributed by atoms with Crippen LogP contribution < -0.4 is 5.32 Å². The summed E-state index contributed by atoms with van der Waals surface area (Å²) in [5.41, 5.74) is 2.41. The Hall–Kier alpha value is -0.900. The molecule has 0 aliphatic heterocycles. The monoisotopic (exact) mass is 280 g/mol. The van der Waals surface area contributed by atoms with Crippen LogP contribution in [0.5, 0.6) is 0 Å². The molecule has 2 aromatic rings. The zero-order valence-electron chi connectivity index (χ0n) is 10.6. The summed E-state index contributed by atoms with van der Waals surface area (Å²) < 4.78 is 0. The molecule has 0 saturated carbocycles. The summed E-state index contributed by atoms with van der Waals surface area (Å²) in [6.07, 6.45) is 0.916. The molecule has 0 spiro atoms. The normalized spacial score (nSPS) is 12.6. The number of rotatable bonds is 5. The Balaban J connectivity index is 2.14. The van der Waals surface area contributed by atoms with Crippen molar-refractivity contribution in [2.24, 2.45) is 0 Å². The summed E-state index contributed by atoms with van der Waals surface area (Å²) in [6, 6.07) is 8.33. The van der Waals surface area contributed by atoms with Gasteiger partial charge in [-0.05, 0) is 31.2 Å². The molecule has 1 unspecified atom stereocenters. The third-order valence-electron chi connectivity index (χ3n) is 2.80. The number of halogens is 1. The Labute approximate surface area is 117 Å². The van der Waals surface area contributed by atoms with Crippen LogP contribution in [0.2, 0.25) is 5.02 Å². The molecule has 0 aliphatic rings. The van der Waals surface area contributed by atoms with Gasteiger partial charge in [0, 0.05) is 22.9 Å². The van der Waals surface area contributed by atoms with Crippen molar-refractivity contribution in [3.63, 3.8) is 0 Å². The van der Waals surface area contributed by atoms with E-state index in [0.29, 0.717) is 6.04 Å². The largest absolute Gasteiger partial charge is 0.310 e. The van der Waals surface area contributed by atoms with E-state index in [0.717, 1.165) is 28.7 Å². The van der Waals surface area contributed by atoms with Gasteiger partial charge in [0.1, 0.15) is 0 Å². The lowest BCUT2D eigenvalue weighted by atomic mass is 10.0. The molecule has 0 bridgehead atoms. The highest BCUT2D eigenvalue weighted by atomic mass is 35.5. The fourth-order valence-corrected chi connectivity index (χ4v) is 2.71. The third kappa shape index (κ3) is 3.55. The highest BCUT2D eigenvalue weighted by Gasteiger charge is 2.12. The van der Waals surface area contributed by atoms with Crippen molar-refractivity contribution in [3.05, 3.63) is 50.9 Å². The van der Waals surface area contributed by atoms with E-state index in [2.05, 4.69) is 34.7 Å². The Bertz CT molecular complexity index is 493. The first-order chi connectivity index (χ1) is 8.69. The van der Waals surface area contributed by atoms with Gasteiger partial charge >= 0.3 is 0 Å². The smallest absolute Gasteiger partial charge is 0.0897 e. The van der Waals surface area contributed by atoms with Gasteiger partial charge in [-0.1, -0.05) is 30.7 Å². The molecule has 1 N–H and O–H groups in total. The second kappa shape index (κ2) is 6.32. The van der Waals surface area contributed by atoms with Crippen LogP contribution in [0.4, 0.5) is 0 Å². The average Bonchev–Trinajstić information content (AvgIpc) is 2.75. The first kappa shape index (κ1) is 13.5. The van der Waals surface area contributed by atoms with Gasteiger partial charge in [-0.3, -0.25) is 0 Å². The zero-order chi connectivity index (χ0) is 13.0. The first-order valence-corrected chi connectivity index (χ1v) is 7.34. The van der Waals surface area contributed by atoms with E-state index in [9.17, 15) is 0 Å². The molecule has 2 rings (SSSR count). The number of nitrogens with one attached hydrogen (secondary N) is 1. The van der Waals surface area contributed by atoms with E-state index in [4.69, 9.17) is 11.6 Å². The van der Waals surface area contributed by atoms with Gasteiger partial charge in [0.05, 0.1) is 10.7 Å². The van der Waals surface area contributed by atoms with Crippen molar-refractivity contribution in [3.8, 4) is 0 Å². The lowest BCUT2D eigenvalue weighted by Gasteiger charge is -2.17. The maximum atomic E-state index is 5.93. The molecule has 0 saturated heterocycles. The minimum atomic E-state index is 0.300. The van der Waals surface area contributed by atoms with Crippen molar-refractivity contribution >= 4 is 22.9 Å². The van der Waals surface area contributed by atoms with Crippen LogP contribution in [-0.2, 0) is 6.42 Å². The van der Waals surface area contributed by atoms with Crippen LogP contribution in [0.25, 0.3) is 0 Å². The Kier molecular flexibility index (Phi) is 4.75. The van der Waals surface area contributed by atoms with Gasteiger partial charge in [0.15, 0.2) is 0 Å². The first-order valence-electron chi connectivity index (χ1n) is 6.09. The molecular weight excluding hydrogens is 264 g/mol. The molecule has 1 atom stereocenters. The van der Waals surface area contributed by atoms with Crippen LogP contribution in [0.15, 0.2) is 29.6 Å². The standard InChI is InChI=1S/C14H17ClN2S/c1-3-16-14(8-13-9-18-10(2)17-13)11-4-6-12(15)7-5-11/h4-7,9,14,16H,3,8H2,1-2H3. The number of nitrogens with zero attached hydrogens (tertiary/aromatic N) is 1. The lowest BCUT2D eigenvalue weighted by Crippen LogP contribution is -2.23. The van der Waals surface area contributed by atoms with Gasteiger partial charge in [-0.25, -0.2) is 4.98 Å². The predicted octanol–water partition coefficient (Wildman–Crippen LogP) is 4.00. The van der Waals surface area contributed by atoms with Crippen molar-refractivity contribution in [1.29, 1.82) is 0 Å². The highest BCUT2D eigenvalue weighted by Crippen LogP contribution is 2.21. The maximum absolute atomic E-state index is 5.93. The minimum Gasteiger partial charge on any atom is -0.310 e. The molecule has 1 heterocycles. The molecule has 0 fully saturated rings. The number of hydrogen-bond donors (Lipinski definition) is 1. The van der Waals surface area contributed by atoms with E-state index in [1.807, 2.05) is 19.1 Å². The summed E-state index contributed by atoms with van der Waals surface area (Å²) >= 11 is 7.63. The van der Waals surface area contributed by atoms with Gasteiger partial charge in [-0.15, -0.1) is 11.3 Å². The lowest BCUT2D eigenvalue weighted by molar-refractivity contribution is 0.545. The predicted molar refractivity (Wildman–Crippen MR) is 78.4 cm³/mol. The van der Waals surface area contributed by atoms with Crippen molar-refractivity contribution in [2.45, 2.75) is 26.3 Å². The molecule has 18 heavy (non-hydrogen) atoms. The van der Waals surface area contributed by atoms with Crippen molar-refractivity contribution < 1.29 is 0 Å². The van der Waals surface area contributed by atoms with Crippen LogP contribution in [0, 0.1) is 6.92 Å². The minimum absolute atomic E-state index is 0.300. The molecule has 1 aromatic carbocycles. The number of thiazole rings is 1. The molecule has 0 aliphatic carbocycles. The number of likely N-dealkylation sites (N-methyl/N-ethyl adjacent to an activating group) is 1. The maximum Gasteiger partial charge on any atom is 0.0897 e. The Morgan fingerprint density at radius 3 is 2.61 bits per heavy atom. The Morgan fingerprint density at radius 2 is 2.06 bits per heavy atom. The number of aryl methyl sites for hydroxylation is 1. The third-order valence-corrected chi connectivity index (χ3v) is 3.88. The van der Waals surface area contributed by atoms with Gasteiger partial charge < -0.3 is 5.32 Å². The quantitative estimate of drug-likeness (QED) is 0.895. The fourth-order valence-electron chi connectivity index (χ4n) is 1.96. The molecule has 2 nitrogen and oxygen atoms in total. The average molecular weight is 281 g/mol. The summed E-state index contributed by atoms with van der Waals surface area (Å²) in [5, 5.41) is 7.53. The summed E-state index contributed by atoms with van der Waals surface area (Å²) in [7, 11) is 0. The molecular formula is C14H17ClN2S. The van der Waals surface area contributed by atoms with E-state index < -0.39 is 0 Å². The van der Waals surface area contributed by atoms with E-state index in [1.54, 1.807) is 11.3 Å². The molecule has 1 aromatic heterocycles. The molecule has 0 amide bonds. The number of aromatic nitrogens is 1. The van der Waals surface area contributed by atoms with Crippen molar-refractivity contribution in [1.82, 2.24) is 10.3 Å². The van der Waals surface area contributed by atoms with Crippen LogP contribution >= 0.6 is 22.9 Å². The topological polar surface area (TPSA) is 24.9 Å². The highest BCUT2D eigenvalue weighted by molar-refractivity contribution is 7.09. The van der Waals surface area contributed by atoms with E-state index in [1.165, 1.54) is 5.56 Å². The van der Waals surface area contributed by atoms with Crippen LogP contribution in [0.1, 0.15) is 29.2 Å². The van der Waals surface area contributed by atoms with Crippen LogP contribution in [-0.4, -0.2) is 11.5 Å². The van der Waals surface area contributed by atoms with Crippen molar-refractivity contribution in [2.75, 3.05) is 6.54 Å². The SMILES string of the molecule is CCNC(Cc1csc(C)n1)c1ccc(Cl)cc1. The number of hydrogen-bond acceptors (Lipinski definition) is 3. The fraction of sp³-hybridized carbons (Fsp3) is 0.357. The number of benzene rings is 1. The summed E-state index contributed by atoms with van der Waals surface area (Å²) in [5.74, 6) is 0. The van der Waals surface area contributed by atoms with Gasteiger partial charge in [-0.2, -0.15) is 0 Å². The summed E-state index contributed by atoms with van der Waals surface area (Å²) in [6.45, 7) is 5.10. The Morgan fingerprint density at radius 1 is 1.33 bits per heavy atom. The molecule has 96 valence electrons. The van der Waals surface area contributed by atoms with Gasteiger partial charge in [0.2, 0.25) is 0 Å². The zero-order valence-corrected chi connectivity index (χ0v) is 12.2. The molecule has 4 heteroatoms. The molecule has 0 radical (unpaired) electrons. The second-order valence-electron chi connectivity index (χ2n) is 4.22. The summed E-state index contributed by atoms with van der Waals surface area (Å²) in [4.78, 5) is 4.53. The van der Waals surface area contributed by atoms with E-state index in [-0.39, 0.29) is 0 Å². The second-order valence-corrected chi connectivity index (χ2v) is 5.72. The van der Waals surface area contributed by atoms with Gasteiger partial charge in [0.25, 0.3) is 0 Å². The van der Waals surface area contributed by atoms with Crippen LogP contribution in [0.3, 0.4) is 0 Å².